The molecule has 3 aromatic rings. The molecule has 0 spiro atoms. The van der Waals surface area contributed by atoms with E-state index in [1.54, 1.807) is 0 Å². The van der Waals surface area contributed by atoms with Crippen LogP contribution in [0.25, 0.3) is 0 Å². The Bertz CT molecular complexity index is 1640. The molecule has 1 aliphatic heterocycles. The maximum Gasteiger partial charge on any atom is 0.460 e. The number of nitrogens with zero attached hydrogens (tertiary/aromatic N) is 3. The number of anilines is 1. The van der Waals surface area contributed by atoms with Crippen molar-refractivity contribution in [2.75, 3.05) is 4.90 Å². The SMILES string of the molecule is Cc1c(Cn2cc(C(F)(F)C(F)(F)C(F)(F)F)c(C(F)(F)C(F)(F)C(F)(F)F)n2)cccc1N1C(=O)c2cccc(Cl)c2C1=O. The van der Waals surface area contributed by atoms with Crippen molar-refractivity contribution in [1.29, 1.82) is 0 Å². The van der Waals surface area contributed by atoms with Crippen molar-refractivity contribution in [2.45, 2.75) is 49.5 Å². The third-order valence-electron chi connectivity index (χ3n) is 6.75. The lowest BCUT2D eigenvalue weighted by Crippen LogP contribution is -2.53. The highest BCUT2D eigenvalue weighted by atomic mass is 35.5. The van der Waals surface area contributed by atoms with Gasteiger partial charge in [-0.05, 0) is 36.2 Å². The average Bonchev–Trinajstić information content (AvgIpc) is 3.44. The van der Waals surface area contributed by atoms with E-state index >= 15 is 0 Å². The second-order valence-electron chi connectivity index (χ2n) is 9.55. The zero-order chi connectivity index (χ0) is 34.3. The number of alkyl halides is 14. The Morgan fingerprint density at radius 3 is 1.80 bits per heavy atom. The molecule has 1 aromatic heterocycles. The first-order chi connectivity index (χ1) is 20.3. The van der Waals surface area contributed by atoms with Gasteiger partial charge in [-0.25, -0.2) is 4.90 Å². The molecule has 0 saturated heterocycles. The van der Waals surface area contributed by atoms with E-state index in [4.69, 9.17) is 11.6 Å². The fraction of sp³-hybridized carbons (Fsp3) is 0.320. The summed E-state index contributed by atoms with van der Waals surface area (Å²) in [5.41, 5.74) is -7.81. The van der Waals surface area contributed by atoms with E-state index in [1.807, 2.05) is 0 Å². The Labute approximate surface area is 246 Å². The molecule has 0 radical (unpaired) electrons. The predicted octanol–water partition coefficient (Wildman–Crippen LogP) is 8.27. The monoisotopic (exact) mass is 687 g/mol. The molecule has 0 bridgehead atoms. The number of imide groups is 1. The van der Waals surface area contributed by atoms with Crippen molar-refractivity contribution >= 4 is 29.1 Å². The summed E-state index contributed by atoms with van der Waals surface area (Å²) < 4.78 is 190. The summed E-state index contributed by atoms with van der Waals surface area (Å²) in [7, 11) is 0. The lowest BCUT2D eigenvalue weighted by Gasteiger charge is -2.31. The van der Waals surface area contributed by atoms with E-state index in [2.05, 4.69) is 5.10 Å². The maximum atomic E-state index is 14.6. The van der Waals surface area contributed by atoms with E-state index in [1.165, 1.54) is 18.2 Å². The van der Waals surface area contributed by atoms with Crippen LogP contribution in [0.4, 0.5) is 67.2 Å². The van der Waals surface area contributed by atoms with Gasteiger partial charge in [0, 0.05) is 6.20 Å². The quantitative estimate of drug-likeness (QED) is 0.186. The van der Waals surface area contributed by atoms with Crippen molar-refractivity contribution in [3.63, 3.8) is 0 Å². The smallest absolute Gasteiger partial charge is 0.268 e. The molecule has 0 fully saturated rings. The number of halogens is 15. The molecule has 0 saturated carbocycles. The summed E-state index contributed by atoms with van der Waals surface area (Å²) in [6, 6.07) is 7.10. The minimum absolute atomic E-state index is 0.132. The summed E-state index contributed by atoms with van der Waals surface area (Å²) in [6.07, 6.45) is -15.1. The molecule has 4 rings (SSSR count). The molecule has 2 aromatic carbocycles. The Balaban J connectivity index is 1.86. The summed E-state index contributed by atoms with van der Waals surface area (Å²) in [6.45, 7) is -0.0715. The second-order valence-corrected chi connectivity index (χ2v) is 9.96. The first-order valence-corrected chi connectivity index (χ1v) is 12.2. The van der Waals surface area contributed by atoms with Crippen LogP contribution in [0, 0.1) is 6.92 Å². The van der Waals surface area contributed by atoms with E-state index < -0.39 is 71.9 Å². The normalized spacial score (nSPS) is 15.2. The summed E-state index contributed by atoms with van der Waals surface area (Å²) >= 11 is 5.99. The fourth-order valence-corrected chi connectivity index (χ4v) is 4.61. The number of rotatable bonds is 7. The molecule has 0 N–H and O–H groups in total. The predicted molar refractivity (Wildman–Crippen MR) is 125 cm³/mol. The van der Waals surface area contributed by atoms with Crippen molar-refractivity contribution in [3.05, 3.63) is 81.1 Å². The van der Waals surface area contributed by atoms with Gasteiger partial charge in [0.2, 0.25) is 0 Å². The van der Waals surface area contributed by atoms with E-state index in [0.717, 1.165) is 25.1 Å². The molecule has 5 nitrogen and oxygen atoms in total. The van der Waals surface area contributed by atoms with Gasteiger partial charge < -0.3 is 0 Å². The van der Waals surface area contributed by atoms with Crippen LogP contribution in [0.2, 0.25) is 5.02 Å². The highest BCUT2D eigenvalue weighted by Gasteiger charge is 2.79. The van der Waals surface area contributed by atoms with E-state index in [0.29, 0.717) is 4.90 Å². The average molecular weight is 688 g/mol. The van der Waals surface area contributed by atoms with Crippen molar-refractivity contribution < 1.29 is 71.1 Å². The molecule has 2 heterocycles. The van der Waals surface area contributed by atoms with Gasteiger partial charge in [-0.3, -0.25) is 14.3 Å². The van der Waals surface area contributed by atoms with Crippen LogP contribution in [0.15, 0.2) is 42.6 Å². The van der Waals surface area contributed by atoms with Gasteiger partial charge in [0.15, 0.2) is 0 Å². The fourth-order valence-electron chi connectivity index (χ4n) is 4.36. The summed E-state index contributed by atoms with van der Waals surface area (Å²) in [4.78, 5) is 26.5. The molecule has 0 atom stereocenters. The van der Waals surface area contributed by atoms with Crippen LogP contribution in [0.3, 0.4) is 0 Å². The van der Waals surface area contributed by atoms with Gasteiger partial charge in [-0.15, -0.1) is 0 Å². The first-order valence-electron chi connectivity index (χ1n) is 11.8. The molecular weight excluding hydrogens is 676 g/mol. The number of fused-ring (bicyclic) bond motifs is 1. The van der Waals surface area contributed by atoms with Crippen LogP contribution in [-0.2, 0) is 18.4 Å². The first kappa shape index (κ1) is 34.0. The molecular formula is C25H12ClF14N3O2. The van der Waals surface area contributed by atoms with Gasteiger partial charge in [-0.2, -0.15) is 66.6 Å². The molecule has 244 valence electrons. The van der Waals surface area contributed by atoms with Gasteiger partial charge in [0.1, 0.15) is 5.69 Å². The number of hydrogen-bond acceptors (Lipinski definition) is 3. The van der Waals surface area contributed by atoms with Crippen molar-refractivity contribution in [2.24, 2.45) is 0 Å². The Morgan fingerprint density at radius 2 is 1.27 bits per heavy atom. The highest BCUT2D eigenvalue weighted by Crippen LogP contribution is 2.57. The standard InChI is InChI=1S/C25H12ClF14N3O2/c1-10-11(4-2-7-15(10)43-18(44)12-5-3-6-14(26)16(12)19(43)45)8-42-9-13(20(27,28)22(31,32)24(35,36)37)17(41-42)21(29,30)23(33,34)25(38,39)40/h2-7,9H,8H2,1H3. The van der Waals surface area contributed by atoms with E-state index in [9.17, 15) is 71.1 Å². The summed E-state index contributed by atoms with van der Waals surface area (Å²) in [5, 5.41) is 2.37. The van der Waals surface area contributed by atoms with Gasteiger partial charge >= 0.3 is 36.0 Å². The number of benzene rings is 2. The van der Waals surface area contributed by atoms with Crippen molar-refractivity contribution in [3.8, 4) is 0 Å². The van der Waals surface area contributed by atoms with Crippen LogP contribution in [0.1, 0.15) is 43.1 Å². The number of carbonyl (C=O) groups excluding carboxylic acids is 2. The van der Waals surface area contributed by atoms with Crippen LogP contribution in [0.5, 0.6) is 0 Å². The molecule has 1 aliphatic rings. The van der Waals surface area contributed by atoms with Gasteiger partial charge in [-0.1, -0.05) is 29.8 Å². The number of amides is 2. The van der Waals surface area contributed by atoms with Crippen LogP contribution in [-0.4, -0.2) is 45.8 Å². The van der Waals surface area contributed by atoms with Crippen LogP contribution >= 0.6 is 11.6 Å². The lowest BCUT2D eigenvalue weighted by atomic mass is 9.96. The maximum absolute atomic E-state index is 14.6. The van der Waals surface area contributed by atoms with Crippen LogP contribution < -0.4 is 4.90 Å². The largest absolute Gasteiger partial charge is 0.460 e. The second kappa shape index (κ2) is 10.3. The minimum Gasteiger partial charge on any atom is -0.268 e. The molecule has 0 unspecified atom stereocenters. The third-order valence-corrected chi connectivity index (χ3v) is 7.07. The molecule has 45 heavy (non-hydrogen) atoms. The highest BCUT2D eigenvalue weighted by molar-refractivity contribution is 6.42. The Kier molecular flexibility index (Phi) is 7.79. The zero-order valence-corrected chi connectivity index (χ0v) is 22.3. The topological polar surface area (TPSA) is 55.2 Å². The van der Waals surface area contributed by atoms with Crippen molar-refractivity contribution in [1.82, 2.24) is 9.78 Å². The summed E-state index contributed by atoms with van der Waals surface area (Å²) in [5.74, 6) is -30.2. The third kappa shape index (κ3) is 4.98. The number of hydrogen-bond donors (Lipinski definition) is 0. The lowest BCUT2D eigenvalue weighted by molar-refractivity contribution is -0.367. The molecule has 2 amide bonds. The van der Waals surface area contributed by atoms with Gasteiger partial charge in [0.25, 0.3) is 11.8 Å². The minimum atomic E-state index is -7.28. The Morgan fingerprint density at radius 1 is 0.733 bits per heavy atom. The number of carbonyl (C=O) groups is 2. The molecule has 0 aliphatic carbocycles. The van der Waals surface area contributed by atoms with Gasteiger partial charge in [0.05, 0.1) is 33.9 Å². The zero-order valence-electron chi connectivity index (χ0n) is 21.6. The van der Waals surface area contributed by atoms with E-state index in [-0.39, 0.29) is 37.6 Å². The number of aromatic nitrogens is 2. The molecule has 20 heteroatoms. The Hall–Kier alpha value is -3.90.